The number of nitrogen functional groups attached to an aromatic ring is 1. The number of aromatic nitrogens is 2. The summed E-state index contributed by atoms with van der Waals surface area (Å²) in [5.74, 6) is 0.271. The van der Waals surface area contributed by atoms with Crippen molar-refractivity contribution in [2.24, 2.45) is 0 Å². The summed E-state index contributed by atoms with van der Waals surface area (Å²) in [7, 11) is 0. The minimum absolute atomic E-state index is 0.271. The Hall–Kier alpha value is -1.84. The highest BCUT2D eigenvalue weighted by Gasteiger charge is 2.10. The van der Waals surface area contributed by atoms with Crippen LogP contribution in [0.1, 0.15) is 0 Å². The second-order valence-corrected chi connectivity index (χ2v) is 4.91. The number of fused-ring (bicyclic) bond motifs is 1. The molecule has 0 amide bonds. The zero-order valence-electron chi connectivity index (χ0n) is 9.77. The highest BCUT2D eigenvalue weighted by atomic mass is 35.5. The Bertz CT molecular complexity index is 772. The van der Waals surface area contributed by atoms with Crippen LogP contribution in [0.5, 0.6) is 0 Å². The number of anilines is 1. The largest absolute Gasteiger partial charge is 0.382 e. The number of rotatable bonds is 1. The van der Waals surface area contributed by atoms with E-state index in [0.717, 1.165) is 16.5 Å². The van der Waals surface area contributed by atoms with E-state index in [2.05, 4.69) is 9.97 Å². The van der Waals surface area contributed by atoms with Crippen LogP contribution in [0, 0.1) is 0 Å². The van der Waals surface area contributed by atoms with Gasteiger partial charge in [0, 0.05) is 17.1 Å². The maximum absolute atomic E-state index is 6.17. The molecule has 2 aromatic heterocycles. The number of hydrogen-bond donors (Lipinski definition) is 1. The van der Waals surface area contributed by atoms with E-state index in [-0.39, 0.29) is 5.82 Å². The first kappa shape index (κ1) is 12.2. The standard InChI is InChI=1S/C14H9Cl2N3/c15-10-7-11(16)14(17)19-13(10)9-3-4-12-8(6-9)2-1-5-18-12/h1-7H,(H2,17,19). The molecule has 0 saturated carbocycles. The van der Waals surface area contributed by atoms with Gasteiger partial charge in [0.15, 0.2) is 0 Å². The number of pyridine rings is 2. The maximum atomic E-state index is 6.17. The van der Waals surface area contributed by atoms with Crippen molar-refractivity contribution in [2.45, 2.75) is 0 Å². The molecule has 0 saturated heterocycles. The lowest BCUT2D eigenvalue weighted by Crippen LogP contribution is -1.94. The quantitative estimate of drug-likeness (QED) is 0.731. The third kappa shape index (κ3) is 2.23. The number of benzene rings is 1. The van der Waals surface area contributed by atoms with E-state index < -0.39 is 0 Å². The summed E-state index contributed by atoms with van der Waals surface area (Å²) in [5, 5.41) is 1.85. The van der Waals surface area contributed by atoms with Gasteiger partial charge in [-0.05, 0) is 24.3 Å². The summed E-state index contributed by atoms with van der Waals surface area (Å²) in [5.41, 5.74) is 8.15. The van der Waals surface area contributed by atoms with Crippen molar-refractivity contribution in [1.82, 2.24) is 9.97 Å². The summed E-state index contributed by atoms with van der Waals surface area (Å²) in [4.78, 5) is 8.51. The van der Waals surface area contributed by atoms with Crippen molar-refractivity contribution in [3.63, 3.8) is 0 Å². The molecular weight excluding hydrogens is 281 g/mol. The molecule has 0 fully saturated rings. The molecule has 2 heterocycles. The Morgan fingerprint density at radius 1 is 1.00 bits per heavy atom. The number of hydrogen-bond acceptors (Lipinski definition) is 3. The Balaban J connectivity index is 2.21. The Kier molecular flexibility index (Phi) is 3.01. The van der Waals surface area contributed by atoms with Gasteiger partial charge in [-0.2, -0.15) is 0 Å². The van der Waals surface area contributed by atoms with E-state index in [1.165, 1.54) is 0 Å². The van der Waals surface area contributed by atoms with Gasteiger partial charge in [0.05, 0.1) is 21.3 Å². The second-order valence-electron chi connectivity index (χ2n) is 4.10. The third-order valence-electron chi connectivity index (χ3n) is 2.83. The van der Waals surface area contributed by atoms with Gasteiger partial charge in [-0.25, -0.2) is 4.98 Å². The molecule has 0 aliphatic rings. The van der Waals surface area contributed by atoms with Crippen LogP contribution in [0.4, 0.5) is 5.82 Å². The summed E-state index contributed by atoms with van der Waals surface area (Å²) >= 11 is 12.1. The molecule has 1 aromatic carbocycles. The van der Waals surface area contributed by atoms with Gasteiger partial charge in [0.25, 0.3) is 0 Å². The van der Waals surface area contributed by atoms with Gasteiger partial charge in [-0.15, -0.1) is 0 Å². The predicted octanol–water partition coefficient (Wildman–Crippen LogP) is 4.19. The monoisotopic (exact) mass is 289 g/mol. The van der Waals surface area contributed by atoms with Crippen LogP contribution in [-0.2, 0) is 0 Å². The Morgan fingerprint density at radius 2 is 1.84 bits per heavy atom. The molecule has 5 heteroatoms. The molecule has 94 valence electrons. The van der Waals surface area contributed by atoms with Gasteiger partial charge < -0.3 is 5.73 Å². The molecule has 0 aliphatic carbocycles. The van der Waals surface area contributed by atoms with Crippen LogP contribution < -0.4 is 5.73 Å². The number of halogens is 2. The number of nitrogens with two attached hydrogens (primary N) is 1. The molecule has 0 bridgehead atoms. The molecule has 2 N–H and O–H groups in total. The van der Waals surface area contributed by atoms with Crippen LogP contribution in [0.25, 0.3) is 22.2 Å². The van der Waals surface area contributed by atoms with E-state index in [9.17, 15) is 0 Å². The first-order chi connectivity index (χ1) is 9.15. The fourth-order valence-corrected chi connectivity index (χ4v) is 2.37. The van der Waals surface area contributed by atoms with E-state index >= 15 is 0 Å². The lowest BCUT2D eigenvalue weighted by Gasteiger charge is -2.07. The third-order valence-corrected chi connectivity index (χ3v) is 3.42. The molecule has 3 nitrogen and oxygen atoms in total. The van der Waals surface area contributed by atoms with Gasteiger partial charge in [0.1, 0.15) is 5.82 Å². The first-order valence-electron chi connectivity index (χ1n) is 5.62. The van der Waals surface area contributed by atoms with Gasteiger partial charge in [-0.1, -0.05) is 35.3 Å². The Morgan fingerprint density at radius 3 is 2.68 bits per heavy atom. The summed E-state index contributed by atoms with van der Waals surface area (Å²) < 4.78 is 0. The molecule has 19 heavy (non-hydrogen) atoms. The van der Waals surface area contributed by atoms with E-state index in [1.807, 2.05) is 30.3 Å². The highest BCUT2D eigenvalue weighted by Crippen LogP contribution is 2.32. The van der Waals surface area contributed by atoms with Crippen molar-refractivity contribution in [3.8, 4) is 11.3 Å². The lowest BCUT2D eigenvalue weighted by atomic mass is 10.1. The van der Waals surface area contributed by atoms with Gasteiger partial charge in [0.2, 0.25) is 0 Å². The zero-order valence-corrected chi connectivity index (χ0v) is 11.3. The second kappa shape index (κ2) is 4.68. The fraction of sp³-hybridized carbons (Fsp3) is 0. The molecule has 0 unspecified atom stereocenters. The number of nitrogens with zero attached hydrogens (tertiary/aromatic N) is 2. The SMILES string of the molecule is Nc1nc(-c2ccc3ncccc3c2)c(Cl)cc1Cl. The van der Waals surface area contributed by atoms with Crippen molar-refractivity contribution in [2.75, 3.05) is 5.73 Å². The van der Waals surface area contributed by atoms with E-state index in [1.54, 1.807) is 12.3 Å². The van der Waals surface area contributed by atoms with Crippen molar-refractivity contribution in [1.29, 1.82) is 0 Å². The highest BCUT2D eigenvalue weighted by molar-refractivity contribution is 6.37. The van der Waals surface area contributed by atoms with Crippen LogP contribution in [0.15, 0.2) is 42.6 Å². The average Bonchev–Trinajstić information content (AvgIpc) is 2.42. The van der Waals surface area contributed by atoms with Crippen LogP contribution >= 0.6 is 23.2 Å². The molecule has 0 spiro atoms. The minimum atomic E-state index is 0.271. The summed E-state index contributed by atoms with van der Waals surface area (Å²) in [6.45, 7) is 0. The zero-order chi connectivity index (χ0) is 13.4. The van der Waals surface area contributed by atoms with Crippen molar-refractivity contribution < 1.29 is 0 Å². The normalized spacial score (nSPS) is 10.8. The fourth-order valence-electron chi connectivity index (χ4n) is 1.91. The molecule has 3 aromatic rings. The van der Waals surface area contributed by atoms with Crippen molar-refractivity contribution in [3.05, 3.63) is 52.6 Å². The smallest absolute Gasteiger partial charge is 0.143 e. The van der Waals surface area contributed by atoms with Crippen LogP contribution in [0.2, 0.25) is 10.0 Å². The van der Waals surface area contributed by atoms with Gasteiger partial charge >= 0.3 is 0 Å². The first-order valence-corrected chi connectivity index (χ1v) is 6.37. The van der Waals surface area contributed by atoms with E-state index in [4.69, 9.17) is 28.9 Å². The molecule has 0 atom stereocenters. The van der Waals surface area contributed by atoms with Crippen molar-refractivity contribution >= 4 is 39.9 Å². The molecule has 0 aliphatic heterocycles. The molecule has 0 radical (unpaired) electrons. The maximum Gasteiger partial charge on any atom is 0.143 e. The van der Waals surface area contributed by atoms with E-state index in [0.29, 0.717) is 15.7 Å². The topological polar surface area (TPSA) is 51.8 Å². The summed E-state index contributed by atoms with van der Waals surface area (Å²) in [6.07, 6.45) is 1.76. The Labute approximate surface area is 120 Å². The lowest BCUT2D eigenvalue weighted by molar-refractivity contribution is 1.33. The average molecular weight is 290 g/mol. The minimum Gasteiger partial charge on any atom is -0.382 e. The van der Waals surface area contributed by atoms with Gasteiger partial charge in [-0.3, -0.25) is 4.98 Å². The predicted molar refractivity (Wildman–Crippen MR) is 79.4 cm³/mol. The molecular formula is C14H9Cl2N3. The van der Waals surface area contributed by atoms with Crippen LogP contribution in [-0.4, -0.2) is 9.97 Å². The molecule has 3 rings (SSSR count). The van der Waals surface area contributed by atoms with Crippen LogP contribution in [0.3, 0.4) is 0 Å². The summed E-state index contributed by atoms with van der Waals surface area (Å²) in [6, 6.07) is 11.3.